The van der Waals surface area contributed by atoms with E-state index in [4.69, 9.17) is 5.73 Å². The van der Waals surface area contributed by atoms with Gasteiger partial charge in [0.2, 0.25) is 0 Å². The van der Waals surface area contributed by atoms with E-state index in [-0.39, 0.29) is 6.04 Å². The molecule has 3 atom stereocenters. The Labute approximate surface area is 100 Å². The zero-order valence-corrected chi connectivity index (χ0v) is 11.2. The minimum Gasteiger partial charge on any atom is -0.389 e. The molecule has 0 radical (unpaired) electrons. The second-order valence-corrected chi connectivity index (χ2v) is 6.01. The summed E-state index contributed by atoms with van der Waals surface area (Å²) in [4.78, 5) is 2.37. The fourth-order valence-corrected chi connectivity index (χ4v) is 2.30. The Morgan fingerprint density at radius 1 is 1.44 bits per heavy atom. The van der Waals surface area contributed by atoms with Crippen molar-refractivity contribution in [3.8, 4) is 0 Å². The molecule has 1 fully saturated rings. The lowest BCUT2D eigenvalue weighted by Crippen LogP contribution is -2.50. The molecule has 1 aliphatic heterocycles. The van der Waals surface area contributed by atoms with Gasteiger partial charge in [0.1, 0.15) is 0 Å². The number of hydrogen-bond donors (Lipinski definition) is 2. The van der Waals surface area contributed by atoms with Gasteiger partial charge in [-0.2, -0.15) is 0 Å². The molecule has 0 aromatic carbocycles. The predicted molar refractivity (Wildman–Crippen MR) is 68.3 cm³/mol. The third-order valence-electron chi connectivity index (χ3n) is 4.07. The van der Waals surface area contributed by atoms with Crippen molar-refractivity contribution in [2.75, 3.05) is 19.6 Å². The van der Waals surface area contributed by atoms with Gasteiger partial charge in [-0.05, 0) is 45.1 Å². The lowest BCUT2D eigenvalue weighted by molar-refractivity contribution is -0.0286. The SMILES string of the molecule is CC(N)C1CCCN(CC(C)(O)C(C)C)C1. The van der Waals surface area contributed by atoms with Gasteiger partial charge in [0.15, 0.2) is 0 Å². The van der Waals surface area contributed by atoms with Crippen LogP contribution in [-0.2, 0) is 0 Å². The Kier molecular flexibility index (Phi) is 4.77. The van der Waals surface area contributed by atoms with E-state index in [1.165, 1.54) is 12.8 Å². The fraction of sp³-hybridized carbons (Fsp3) is 1.00. The molecule has 3 unspecified atom stereocenters. The van der Waals surface area contributed by atoms with Crippen LogP contribution in [0, 0.1) is 11.8 Å². The lowest BCUT2D eigenvalue weighted by Gasteiger charge is -2.39. The largest absolute Gasteiger partial charge is 0.389 e. The second kappa shape index (κ2) is 5.48. The van der Waals surface area contributed by atoms with E-state index in [1.54, 1.807) is 0 Å². The van der Waals surface area contributed by atoms with Gasteiger partial charge < -0.3 is 15.7 Å². The molecule has 1 heterocycles. The molecule has 1 rings (SSSR count). The van der Waals surface area contributed by atoms with Gasteiger partial charge in [-0.3, -0.25) is 0 Å². The van der Waals surface area contributed by atoms with E-state index in [9.17, 15) is 5.11 Å². The predicted octanol–water partition coefficient (Wildman–Crippen LogP) is 1.45. The number of hydrogen-bond acceptors (Lipinski definition) is 3. The molecule has 1 aliphatic rings. The van der Waals surface area contributed by atoms with Crippen molar-refractivity contribution in [2.45, 2.75) is 52.2 Å². The van der Waals surface area contributed by atoms with Gasteiger partial charge in [0, 0.05) is 19.1 Å². The Morgan fingerprint density at radius 2 is 2.06 bits per heavy atom. The summed E-state index contributed by atoms with van der Waals surface area (Å²) in [7, 11) is 0. The first-order valence-electron chi connectivity index (χ1n) is 6.53. The van der Waals surface area contributed by atoms with Crippen molar-refractivity contribution in [1.29, 1.82) is 0 Å². The number of rotatable bonds is 4. The van der Waals surface area contributed by atoms with Crippen molar-refractivity contribution in [3.63, 3.8) is 0 Å². The van der Waals surface area contributed by atoms with Crippen LogP contribution in [-0.4, -0.2) is 41.3 Å². The summed E-state index contributed by atoms with van der Waals surface area (Å²) in [5, 5.41) is 10.3. The minimum absolute atomic E-state index is 0.270. The molecule has 96 valence electrons. The van der Waals surface area contributed by atoms with Crippen LogP contribution in [0.15, 0.2) is 0 Å². The third-order valence-corrected chi connectivity index (χ3v) is 4.07. The van der Waals surface area contributed by atoms with Crippen molar-refractivity contribution < 1.29 is 5.11 Å². The first-order valence-corrected chi connectivity index (χ1v) is 6.53. The molecule has 3 N–H and O–H groups in total. The van der Waals surface area contributed by atoms with Crippen LogP contribution < -0.4 is 5.73 Å². The topological polar surface area (TPSA) is 49.5 Å². The summed E-state index contributed by atoms with van der Waals surface area (Å²) >= 11 is 0. The molecule has 16 heavy (non-hydrogen) atoms. The number of nitrogens with two attached hydrogens (primary N) is 1. The highest BCUT2D eigenvalue weighted by Crippen LogP contribution is 2.23. The van der Waals surface area contributed by atoms with E-state index in [1.807, 2.05) is 6.92 Å². The highest BCUT2D eigenvalue weighted by atomic mass is 16.3. The smallest absolute Gasteiger partial charge is 0.0768 e. The molecule has 0 bridgehead atoms. The third kappa shape index (κ3) is 3.72. The molecule has 0 spiro atoms. The Hall–Kier alpha value is -0.120. The Bertz CT molecular complexity index is 214. The van der Waals surface area contributed by atoms with E-state index in [0.29, 0.717) is 11.8 Å². The van der Waals surface area contributed by atoms with Gasteiger partial charge in [0.05, 0.1) is 5.60 Å². The standard InChI is InChI=1S/C13H28N2O/c1-10(2)13(4,16)9-15-7-5-6-12(8-15)11(3)14/h10-12,16H,5-9,14H2,1-4H3. The van der Waals surface area contributed by atoms with E-state index in [2.05, 4.69) is 25.7 Å². The highest BCUT2D eigenvalue weighted by Gasteiger charge is 2.31. The van der Waals surface area contributed by atoms with Crippen LogP contribution in [0.4, 0.5) is 0 Å². The maximum absolute atomic E-state index is 10.3. The molecule has 3 heteroatoms. The summed E-state index contributed by atoms with van der Waals surface area (Å²) in [6.07, 6.45) is 2.44. The monoisotopic (exact) mass is 228 g/mol. The molecule has 0 saturated carbocycles. The normalized spacial score (nSPS) is 29.1. The number of β-amino-alcohol motifs (C(OH)–C–C–N with tert-alkyl or cyclic N) is 1. The summed E-state index contributed by atoms with van der Waals surface area (Å²) in [6.45, 7) is 11.1. The first kappa shape index (κ1) is 13.9. The molecule has 1 saturated heterocycles. The van der Waals surface area contributed by atoms with Crippen LogP contribution in [0.25, 0.3) is 0 Å². The van der Waals surface area contributed by atoms with Gasteiger partial charge in [0.25, 0.3) is 0 Å². The molecule has 0 amide bonds. The summed E-state index contributed by atoms with van der Waals surface area (Å²) in [5.74, 6) is 0.889. The van der Waals surface area contributed by atoms with Crippen LogP contribution in [0.3, 0.4) is 0 Å². The van der Waals surface area contributed by atoms with E-state index in [0.717, 1.165) is 19.6 Å². The summed E-state index contributed by atoms with van der Waals surface area (Å²) < 4.78 is 0. The zero-order chi connectivity index (χ0) is 12.3. The van der Waals surface area contributed by atoms with Gasteiger partial charge in [-0.25, -0.2) is 0 Å². The molecule has 0 aromatic heterocycles. The van der Waals surface area contributed by atoms with E-state index >= 15 is 0 Å². The van der Waals surface area contributed by atoms with Crippen LogP contribution in [0.2, 0.25) is 0 Å². The second-order valence-electron chi connectivity index (χ2n) is 6.01. The zero-order valence-electron chi connectivity index (χ0n) is 11.2. The van der Waals surface area contributed by atoms with Crippen LogP contribution in [0.1, 0.15) is 40.5 Å². The lowest BCUT2D eigenvalue weighted by atomic mass is 9.88. The van der Waals surface area contributed by atoms with Gasteiger partial charge >= 0.3 is 0 Å². The first-order chi connectivity index (χ1) is 7.33. The van der Waals surface area contributed by atoms with Crippen molar-refractivity contribution >= 4 is 0 Å². The number of piperidine rings is 1. The molecule has 0 aliphatic carbocycles. The van der Waals surface area contributed by atoms with E-state index < -0.39 is 5.60 Å². The van der Waals surface area contributed by atoms with Crippen molar-refractivity contribution in [1.82, 2.24) is 4.90 Å². The van der Waals surface area contributed by atoms with Crippen LogP contribution >= 0.6 is 0 Å². The molecular formula is C13H28N2O. The van der Waals surface area contributed by atoms with Gasteiger partial charge in [-0.1, -0.05) is 13.8 Å². The fourth-order valence-electron chi connectivity index (χ4n) is 2.30. The number of nitrogens with zero attached hydrogens (tertiary/aromatic N) is 1. The Morgan fingerprint density at radius 3 is 2.56 bits per heavy atom. The minimum atomic E-state index is -0.584. The number of aliphatic hydroxyl groups is 1. The molecule has 0 aromatic rings. The number of likely N-dealkylation sites (tertiary alicyclic amines) is 1. The maximum Gasteiger partial charge on any atom is 0.0768 e. The average molecular weight is 228 g/mol. The summed E-state index contributed by atoms with van der Waals surface area (Å²) in [6, 6.07) is 0.270. The molecule has 3 nitrogen and oxygen atoms in total. The van der Waals surface area contributed by atoms with Crippen molar-refractivity contribution in [3.05, 3.63) is 0 Å². The highest BCUT2D eigenvalue weighted by molar-refractivity contribution is 4.85. The van der Waals surface area contributed by atoms with Gasteiger partial charge in [-0.15, -0.1) is 0 Å². The molecular weight excluding hydrogens is 200 g/mol. The maximum atomic E-state index is 10.3. The van der Waals surface area contributed by atoms with Crippen molar-refractivity contribution in [2.24, 2.45) is 17.6 Å². The Balaban J connectivity index is 2.49. The van der Waals surface area contributed by atoms with Crippen LogP contribution in [0.5, 0.6) is 0 Å². The quantitative estimate of drug-likeness (QED) is 0.766. The summed E-state index contributed by atoms with van der Waals surface area (Å²) in [5.41, 5.74) is 5.38. The average Bonchev–Trinajstić information content (AvgIpc) is 2.17.